The molecule has 0 saturated heterocycles. The van der Waals surface area contributed by atoms with Crippen molar-refractivity contribution < 1.29 is 8.91 Å². The second-order valence-corrected chi connectivity index (χ2v) is 4.99. The number of aromatic nitrogens is 2. The third-order valence-electron chi connectivity index (χ3n) is 3.17. The summed E-state index contributed by atoms with van der Waals surface area (Å²) in [4.78, 5) is 4.29. The topological polar surface area (TPSA) is 51.0 Å². The van der Waals surface area contributed by atoms with Crippen LogP contribution in [0, 0.1) is 11.7 Å². The zero-order chi connectivity index (χ0) is 13.1. The van der Waals surface area contributed by atoms with Gasteiger partial charge in [-0.2, -0.15) is 4.98 Å². The van der Waals surface area contributed by atoms with E-state index in [-0.39, 0.29) is 18.2 Å². The fourth-order valence-corrected chi connectivity index (χ4v) is 1.97. The standard InChI is InChI=1S/C14H16FN3O.ClH/c15-12-3-1-2-11(6-12)7-13-17-14(19-18-13)9-16-8-10-4-5-10;/h1-3,6,10,16H,4-5,7-9H2;1H. The molecular formula is C14H17ClFN3O. The van der Waals surface area contributed by atoms with Crippen molar-refractivity contribution in [3.8, 4) is 0 Å². The number of nitrogens with one attached hydrogen (secondary N) is 1. The molecule has 0 atom stereocenters. The minimum absolute atomic E-state index is 0. The Morgan fingerprint density at radius 1 is 1.35 bits per heavy atom. The zero-order valence-electron chi connectivity index (χ0n) is 11.0. The fraction of sp³-hybridized carbons (Fsp3) is 0.429. The Morgan fingerprint density at radius 2 is 2.20 bits per heavy atom. The largest absolute Gasteiger partial charge is 0.338 e. The number of benzene rings is 1. The van der Waals surface area contributed by atoms with Gasteiger partial charge in [0.2, 0.25) is 5.89 Å². The molecule has 1 aromatic carbocycles. The van der Waals surface area contributed by atoms with Crippen molar-refractivity contribution in [2.24, 2.45) is 5.92 Å². The van der Waals surface area contributed by atoms with E-state index in [1.165, 1.54) is 25.0 Å². The third kappa shape index (κ3) is 4.28. The number of nitrogens with zero attached hydrogens (tertiary/aromatic N) is 2. The Hall–Kier alpha value is -1.46. The number of hydrogen-bond acceptors (Lipinski definition) is 4. The van der Waals surface area contributed by atoms with Gasteiger partial charge in [0.1, 0.15) is 5.82 Å². The molecule has 1 N–H and O–H groups in total. The molecule has 0 unspecified atom stereocenters. The zero-order valence-corrected chi connectivity index (χ0v) is 11.8. The molecule has 1 aromatic heterocycles. The van der Waals surface area contributed by atoms with Crippen LogP contribution in [-0.4, -0.2) is 16.7 Å². The monoisotopic (exact) mass is 297 g/mol. The summed E-state index contributed by atoms with van der Waals surface area (Å²) >= 11 is 0. The average Bonchev–Trinajstić information content (AvgIpc) is 3.10. The normalized spacial score (nSPS) is 14.1. The summed E-state index contributed by atoms with van der Waals surface area (Å²) in [6, 6.07) is 6.45. The molecule has 2 aromatic rings. The van der Waals surface area contributed by atoms with E-state index in [0.29, 0.717) is 24.7 Å². The molecule has 1 aliphatic carbocycles. The van der Waals surface area contributed by atoms with Crippen LogP contribution in [0.4, 0.5) is 4.39 Å². The van der Waals surface area contributed by atoms with Gasteiger partial charge in [-0.3, -0.25) is 0 Å². The summed E-state index contributed by atoms with van der Waals surface area (Å²) in [5, 5.41) is 7.20. The second-order valence-electron chi connectivity index (χ2n) is 4.99. The van der Waals surface area contributed by atoms with E-state index in [4.69, 9.17) is 4.52 Å². The maximum absolute atomic E-state index is 13.0. The van der Waals surface area contributed by atoms with Gasteiger partial charge in [0.05, 0.1) is 6.54 Å². The van der Waals surface area contributed by atoms with E-state index in [0.717, 1.165) is 18.0 Å². The van der Waals surface area contributed by atoms with Crippen LogP contribution in [0.25, 0.3) is 0 Å². The van der Waals surface area contributed by atoms with Gasteiger partial charge in [-0.05, 0) is 43.0 Å². The minimum Gasteiger partial charge on any atom is -0.338 e. The molecule has 20 heavy (non-hydrogen) atoms. The van der Waals surface area contributed by atoms with Crippen LogP contribution in [0.2, 0.25) is 0 Å². The van der Waals surface area contributed by atoms with Crippen molar-refractivity contribution in [2.75, 3.05) is 6.54 Å². The Balaban J connectivity index is 0.00000147. The van der Waals surface area contributed by atoms with Crippen molar-refractivity contribution in [3.05, 3.63) is 47.4 Å². The molecule has 1 aliphatic rings. The molecule has 1 heterocycles. The third-order valence-corrected chi connectivity index (χ3v) is 3.17. The highest BCUT2D eigenvalue weighted by Gasteiger charge is 2.20. The first kappa shape index (κ1) is 14.9. The van der Waals surface area contributed by atoms with E-state index < -0.39 is 0 Å². The highest BCUT2D eigenvalue weighted by molar-refractivity contribution is 5.85. The Kier molecular flexibility index (Phi) is 5.09. The van der Waals surface area contributed by atoms with Gasteiger partial charge >= 0.3 is 0 Å². The predicted molar refractivity (Wildman–Crippen MR) is 75.2 cm³/mol. The smallest absolute Gasteiger partial charge is 0.240 e. The molecule has 0 aliphatic heterocycles. The molecule has 4 nitrogen and oxygen atoms in total. The maximum Gasteiger partial charge on any atom is 0.240 e. The fourth-order valence-electron chi connectivity index (χ4n) is 1.97. The molecule has 0 radical (unpaired) electrons. The van der Waals surface area contributed by atoms with Crippen molar-refractivity contribution >= 4 is 12.4 Å². The Labute approximate surface area is 123 Å². The van der Waals surface area contributed by atoms with Crippen LogP contribution in [0.5, 0.6) is 0 Å². The lowest BCUT2D eigenvalue weighted by atomic mass is 10.1. The predicted octanol–water partition coefficient (Wildman–Crippen LogP) is 2.72. The first-order valence-corrected chi connectivity index (χ1v) is 6.56. The molecule has 0 spiro atoms. The minimum atomic E-state index is -0.243. The van der Waals surface area contributed by atoms with Crippen LogP contribution < -0.4 is 5.32 Å². The molecule has 108 valence electrons. The van der Waals surface area contributed by atoms with Gasteiger partial charge in [0, 0.05) is 6.42 Å². The van der Waals surface area contributed by atoms with Crippen molar-refractivity contribution in [1.82, 2.24) is 15.5 Å². The number of rotatable bonds is 6. The summed E-state index contributed by atoms with van der Waals surface area (Å²) in [5.41, 5.74) is 0.846. The Bertz CT molecular complexity index is 557. The van der Waals surface area contributed by atoms with Crippen LogP contribution in [0.1, 0.15) is 30.1 Å². The quantitative estimate of drug-likeness (QED) is 0.891. The van der Waals surface area contributed by atoms with Crippen molar-refractivity contribution in [3.63, 3.8) is 0 Å². The van der Waals surface area contributed by atoms with Crippen LogP contribution >= 0.6 is 12.4 Å². The van der Waals surface area contributed by atoms with E-state index in [1.54, 1.807) is 6.07 Å². The van der Waals surface area contributed by atoms with Crippen molar-refractivity contribution in [1.29, 1.82) is 0 Å². The lowest BCUT2D eigenvalue weighted by Crippen LogP contribution is -2.16. The van der Waals surface area contributed by atoms with E-state index in [1.807, 2.05) is 6.07 Å². The molecular weight excluding hydrogens is 281 g/mol. The van der Waals surface area contributed by atoms with Gasteiger partial charge < -0.3 is 9.84 Å². The number of halogens is 2. The summed E-state index contributed by atoms with van der Waals surface area (Å²) in [7, 11) is 0. The molecule has 0 bridgehead atoms. The highest BCUT2D eigenvalue weighted by Crippen LogP contribution is 2.27. The maximum atomic E-state index is 13.0. The summed E-state index contributed by atoms with van der Waals surface area (Å²) in [6.07, 6.45) is 3.13. The van der Waals surface area contributed by atoms with Crippen LogP contribution in [0.3, 0.4) is 0 Å². The van der Waals surface area contributed by atoms with Crippen molar-refractivity contribution in [2.45, 2.75) is 25.8 Å². The van der Waals surface area contributed by atoms with Crippen LogP contribution in [0.15, 0.2) is 28.8 Å². The van der Waals surface area contributed by atoms with Gasteiger partial charge in [0.25, 0.3) is 0 Å². The molecule has 1 fully saturated rings. The number of hydrogen-bond donors (Lipinski definition) is 1. The first-order valence-electron chi connectivity index (χ1n) is 6.56. The van der Waals surface area contributed by atoms with Gasteiger partial charge in [-0.1, -0.05) is 17.3 Å². The van der Waals surface area contributed by atoms with E-state index in [2.05, 4.69) is 15.5 Å². The SMILES string of the molecule is Cl.Fc1cccc(Cc2noc(CNCC3CC3)n2)c1. The molecule has 6 heteroatoms. The summed E-state index contributed by atoms with van der Waals surface area (Å²) in [6.45, 7) is 1.62. The average molecular weight is 298 g/mol. The summed E-state index contributed by atoms with van der Waals surface area (Å²) < 4.78 is 18.2. The Morgan fingerprint density at radius 3 is 2.95 bits per heavy atom. The van der Waals surface area contributed by atoms with E-state index in [9.17, 15) is 4.39 Å². The van der Waals surface area contributed by atoms with Gasteiger partial charge in [-0.25, -0.2) is 4.39 Å². The van der Waals surface area contributed by atoms with Gasteiger partial charge in [-0.15, -0.1) is 12.4 Å². The summed E-state index contributed by atoms with van der Waals surface area (Å²) in [5.74, 6) is 1.77. The van der Waals surface area contributed by atoms with Gasteiger partial charge in [0.15, 0.2) is 5.82 Å². The molecule has 3 rings (SSSR count). The molecule has 0 amide bonds. The van der Waals surface area contributed by atoms with Crippen LogP contribution in [-0.2, 0) is 13.0 Å². The lowest BCUT2D eigenvalue weighted by Gasteiger charge is -1.97. The highest BCUT2D eigenvalue weighted by atomic mass is 35.5. The first-order chi connectivity index (χ1) is 9.29. The van der Waals surface area contributed by atoms with E-state index >= 15 is 0 Å². The lowest BCUT2D eigenvalue weighted by molar-refractivity contribution is 0.362. The second kappa shape index (κ2) is 6.81. The molecule has 1 saturated carbocycles.